The highest BCUT2D eigenvalue weighted by atomic mass is 16.5. The molecule has 7 nitrogen and oxygen atoms in total. The van der Waals surface area contributed by atoms with Gasteiger partial charge in [-0.05, 0) is 31.2 Å². The topological polar surface area (TPSA) is 97.3 Å². The zero-order valence-corrected chi connectivity index (χ0v) is 15.6. The first-order valence-corrected chi connectivity index (χ1v) is 9.91. The monoisotopic (exact) mass is 369 g/mol. The Morgan fingerprint density at radius 2 is 1.96 bits per heavy atom. The molecule has 1 unspecified atom stereocenters. The van der Waals surface area contributed by atoms with E-state index < -0.39 is 0 Å². The third kappa shape index (κ3) is 4.13. The van der Waals surface area contributed by atoms with Crippen molar-refractivity contribution in [1.29, 1.82) is 0 Å². The largest absolute Gasteiger partial charge is 0.339 e. The quantitative estimate of drug-likeness (QED) is 0.863. The SMILES string of the molecule is NCc1ccc(-c2noc(C3CCCN(C(=O)NC4CCCC4)C3)n2)cc1. The molecule has 1 saturated carbocycles. The van der Waals surface area contributed by atoms with Crippen molar-refractivity contribution in [1.82, 2.24) is 20.4 Å². The lowest BCUT2D eigenvalue weighted by molar-refractivity contribution is 0.168. The second kappa shape index (κ2) is 8.08. The van der Waals surface area contributed by atoms with Crippen molar-refractivity contribution < 1.29 is 9.32 Å². The van der Waals surface area contributed by atoms with Gasteiger partial charge in [0, 0.05) is 31.2 Å². The number of nitrogens with zero attached hydrogens (tertiary/aromatic N) is 3. The summed E-state index contributed by atoms with van der Waals surface area (Å²) < 4.78 is 5.53. The molecule has 1 aromatic heterocycles. The van der Waals surface area contributed by atoms with Gasteiger partial charge in [0.15, 0.2) is 0 Å². The first-order valence-electron chi connectivity index (χ1n) is 9.91. The third-order valence-electron chi connectivity index (χ3n) is 5.63. The van der Waals surface area contributed by atoms with E-state index in [1.54, 1.807) is 0 Å². The van der Waals surface area contributed by atoms with E-state index in [1.165, 1.54) is 12.8 Å². The Kier molecular flexibility index (Phi) is 5.38. The van der Waals surface area contributed by atoms with Crippen molar-refractivity contribution in [3.63, 3.8) is 0 Å². The van der Waals surface area contributed by atoms with Gasteiger partial charge in [-0.15, -0.1) is 0 Å². The van der Waals surface area contributed by atoms with Gasteiger partial charge < -0.3 is 20.5 Å². The number of carbonyl (C=O) groups excluding carboxylic acids is 1. The summed E-state index contributed by atoms with van der Waals surface area (Å²) in [6.45, 7) is 1.93. The molecule has 1 aliphatic carbocycles. The Morgan fingerprint density at radius 1 is 1.19 bits per heavy atom. The van der Waals surface area contributed by atoms with Crippen LogP contribution in [0.2, 0.25) is 0 Å². The van der Waals surface area contributed by atoms with E-state index in [4.69, 9.17) is 10.3 Å². The molecule has 0 bridgehead atoms. The molecule has 2 fully saturated rings. The molecular formula is C20H27N5O2. The minimum Gasteiger partial charge on any atom is -0.339 e. The van der Waals surface area contributed by atoms with Crippen LogP contribution in [0.1, 0.15) is 55.9 Å². The maximum Gasteiger partial charge on any atom is 0.317 e. The average Bonchev–Trinajstić information content (AvgIpc) is 3.40. The minimum atomic E-state index is 0.0451. The number of urea groups is 1. The van der Waals surface area contributed by atoms with Crippen LogP contribution in [-0.4, -0.2) is 40.2 Å². The first-order chi connectivity index (χ1) is 13.2. The first kappa shape index (κ1) is 18.0. The second-order valence-corrected chi connectivity index (χ2v) is 7.57. The maximum atomic E-state index is 12.6. The zero-order chi connectivity index (χ0) is 18.6. The Hall–Kier alpha value is -2.41. The molecule has 4 rings (SSSR count). The van der Waals surface area contributed by atoms with Crippen LogP contribution in [0.25, 0.3) is 11.4 Å². The minimum absolute atomic E-state index is 0.0451. The fraction of sp³-hybridized carbons (Fsp3) is 0.550. The molecule has 1 saturated heterocycles. The van der Waals surface area contributed by atoms with Crippen LogP contribution < -0.4 is 11.1 Å². The van der Waals surface area contributed by atoms with Gasteiger partial charge >= 0.3 is 6.03 Å². The lowest BCUT2D eigenvalue weighted by atomic mass is 9.98. The smallest absolute Gasteiger partial charge is 0.317 e. The standard InChI is InChI=1S/C20H27N5O2/c21-12-14-7-9-15(10-8-14)18-23-19(27-24-18)16-4-3-11-25(13-16)20(26)22-17-5-1-2-6-17/h7-10,16-17H,1-6,11-13,21H2,(H,22,26). The van der Waals surface area contributed by atoms with Gasteiger partial charge in [-0.25, -0.2) is 4.79 Å². The normalized spacial score (nSPS) is 20.8. The molecule has 1 aliphatic heterocycles. The number of aromatic nitrogens is 2. The van der Waals surface area contributed by atoms with Crippen LogP contribution in [0.3, 0.4) is 0 Å². The number of nitrogens with one attached hydrogen (secondary N) is 1. The number of piperidine rings is 1. The summed E-state index contributed by atoms with van der Waals surface area (Å²) in [5, 5.41) is 7.31. The molecule has 2 aliphatic rings. The van der Waals surface area contributed by atoms with Crippen molar-refractivity contribution in [2.24, 2.45) is 5.73 Å². The molecule has 2 aromatic rings. The highest BCUT2D eigenvalue weighted by molar-refractivity contribution is 5.74. The summed E-state index contributed by atoms with van der Waals surface area (Å²) in [6.07, 6.45) is 6.53. The zero-order valence-electron chi connectivity index (χ0n) is 15.6. The van der Waals surface area contributed by atoms with Crippen LogP contribution in [-0.2, 0) is 6.54 Å². The molecule has 0 spiro atoms. The van der Waals surface area contributed by atoms with Crippen LogP contribution in [0, 0.1) is 0 Å². The summed E-state index contributed by atoms with van der Waals surface area (Å²) in [5.74, 6) is 1.30. The molecule has 144 valence electrons. The van der Waals surface area contributed by atoms with E-state index in [2.05, 4.69) is 15.5 Å². The number of rotatable bonds is 4. The number of hydrogen-bond donors (Lipinski definition) is 2. The van der Waals surface area contributed by atoms with Crippen molar-refractivity contribution >= 4 is 6.03 Å². The Bertz CT molecular complexity index is 767. The summed E-state index contributed by atoms with van der Waals surface area (Å²) in [6, 6.07) is 8.24. The van der Waals surface area contributed by atoms with E-state index in [0.29, 0.717) is 30.8 Å². The van der Waals surface area contributed by atoms with Gasteiger partial charge in [0.2, 0.25) is 11.7 Å². The molecule has 7 heteroatoms. The molecular weight excluding hydrogens is 342 g/mol. The Labute approximate surface area is 159 Å². The van der Waals surface area contributed by atoms with Gasteiger partial charge in [-0.1, -0.05) is 42.3 Å². The van der Waals surface area contributed by atoms with Gasteiger partial charge in [0.25, 0.3) is 0 Å². The highest BCUT2D eigenvalue weighted by Crippen LogP contribution is 2.28. The van der Waals surface area contributed by atoms with Crippen LogP contribution in [0.15, 0.2) is 28.8 Å². The summed E-state index contributed by atoms with van der Waals surface area (Å²) in [5.41, 5.74) is 7.62. The lowest BCUT2D eigenvalue weighted by Gasteiger charge is -2.32. The summed E-state index contributed by atoms with van der Waals surface area (Å²) in [4.78, 5) is 19.0. The summed E-state index contributed by atoms with van der Waals surface area (Å²) in [7, 11) is 0. The van der Waals surface area contributed by atoms with E-state index >= 15 is 0 Å². The van der Waals surface area contributed by atoms with Crippen molar-refractivity contribution in [3.05, 3.63) is 35.7 Å². The van der Waals surface area contributed by atoms with Gasteiger partial charge in [0.05, 0.1) is 5.92 Å². The van der Waals surface area contributed by atoms with Crippen molar-refractivity contribution in [2.75, 3.05) is 13.1 Å². The van der Waals surface area contributed by atoms with Crippen LogP contribution >= 0.6 is 0 Å². The van der Waals surface area contributed by atoms with Crippen LogP contribution in [0.4, 0.5) is 4.79 Å². The molecule has 1 atom stereocenters. The van der Waals surface area contributed by atoms with Gasteiger partial charge in [-0.2, -0.15) is 4.98 Å². The predicted molar refractivity (Wildman–Crippen MR) is 102 cm³/mol. The number of hydrogen-bond acceptors (Lipinski definition) is 5. The third-order valence-corrected chi connectivity index (χ3v) is 5.63. The number of benzene rings is 1. The average molecular weight is 369 g/mol. The molecule has 27 heavy (non-hydrogen) atoms. The predicted octanol–water partition coefficient (Wildman–Crippen LogP) is 3.03. The lowest BCUT2D eigenvalue weighted by Crippen LogP contribution is -2.47. The van der Waals surface area contributed by atoms with E-state index in [9.17, 15) is 4.79 Å². The molecule has 1 aromatic carbocycles. The number of likely N-dealkylation sites (tertiary alicyclic amines) is 1. The van der Waals surface area contributed by atoms with Gasteiger partial charge in [-0.3, -0.25) is 0 Å². The Balaban J connectivity index is 1.40. The van der Waals surface area contributed by atoms with E-state index in [0.717, 1.165) is 43.4 Å². The maximum absolute atomic E-state index is 12.6. The molecule has 0 radical (unpaired) electrons. The molecule has 2 amide bonds. The molecule has 2 heterocycles. The van der Waals surface area contributed by atoms with Crippen molar-refractivity contribution in [2.45, 2.75) is 57.0 Å². The molecule has 3 N–H and O–H groups in total. The highest BCUT2D eigenvalue weighted by Gasteiger charge is 2.30. The van der Waals surface area contributed by atoms with Gasteiger partial charge in [0.1, 0.15) is 0 Å². The van der Waals surface area contributed by atoms with Crippen LogP contribution in [0.5, 0.6) is 0 Å². The van der Waals surface area contributed by atoms with E-state index in [-0.39, 0.29) is 11.9 Å². The fourth-order valence-electron chi connectivity index (χ4n) is 4.01. The second-order valence-electron chi connectivity index (χ2n) is 7.57. The Morgan fingerprint density at radius 3 is 2.70 bits per heavy atom. The number of carbonyl (C=O) groups is 1. The summed E-state index contributed by atoms with van der Waals surface area (Å²) >= 11 is 0. The number of amides is 2. The van der Waals surface area contributed by atoms with E-state index in [1.807, 2.05) is 29.2 Å². The number of nitrogens with two attached hydrogens (primary N) is 1. The van der Waals surface area contributed by atoms with Crippen molar-refractivity contribution in [3.8, 4) is 11.4 Å². The fourth-order valence-corrected chi connectivity index (χ4v) is 4.01.